The first-order valence-electron chi connectivity index (χ1n) is 8.50. The molecule has 0 radical (unpaired) electrons. The Morgan fingerprint density at radius 2 is 1.86 bits per heavy atom. The number of para-hydroxylation sites is 1. The molecular formula is C17H18BN2O8P. The molecule has 29 heavy (non-hydrogen) atoms. The molecule has 0 unspecified atom stereocenters. The summed E-state index contributed by atoms with van der Waals surface area (Å²) in [7, 11) is -5.88. The molecule has 2 aromatic rings. The van der Waals surface area contributed by atoms with Crippen LogP contribution in [0.2, 0.25) is 0 Å². The number of rotatable bonds is 5. The molecule has 3 rings (SSSR count). The highest BCUT2D eigenvalue weighted by Crippen LogP contribution is 2.33. The number of nitrogens with one attached hydrogen (secondary N) is 1. The van der Waals surface area contributed by atoms with Crippen molar-refractivity contribution in [2.24, 2.45) is 5.73 Å². The molecular weight excluding hydrogens is 402 g/mol. The van der Waals surface area contributed by atoms with Gasteiger partial charge < -0.3 is 35.6 Å². The summed E-state index contributed by atoms with van der Waals surface area (Å²) >= 11 is 0. The smallest absolute Gasteiger partial charge is 0.534 e. The zero-order valence-corrected chi connectivity index (χ0v) is 15.8. The second-order valence-electron chi connectivity index (χ2n) is 6.54. The molecule has 152 valence electrons. The summed E-state index contributed by atoms with van der Waals surface area (Å²) in [5.41, 5.74) is 6.66. The second kappa shape index (κ2) is 7.98. The van der Waals surface area contributed by atoms with Crippen molar-refractivity contribution in [2.45, 2.75) is 18.4 Å². The Hall–Kier alpha value is -2.69. The Balaban J connectivity index is 1.73. The maximum absolute atomic E-state index is 12.5. The minimum absolute atomic E-state index is 0.0512. The molecule has 10 nitrogen and oxygen atoms in total. The number of amides is 1. The van der Waals surface area contributed by atoms with Crippen LogP contribution < -0.4 is 21.0 Å². The van der Waals surface area contributed by atoms with Crippen LogP contribution in [0.4, 0.5) is 0 Å². The van der Waals surface area contributed by atoms with Crippen molar-refractivity contribution in [2.75, 3.05) is 0 Å². The highest BCUT2D eigenvalue weighted by atomic mass is 31.2. The molecule has 2 atom stereocenters. The van der Waals surface area contributed by atoms with Crippen LogP contribution >= 0.6 is 7.60 Å². The molecule has 0 saturated carbocycles. The number of benzene rings is 2. The van der Waals surface area contributed by atoms with Gasteiger partial charge in [-0.25, -0.2) is 4.79 Å². The van der Waals surface area contributed by atoms with Crippen molar-refractivity contribution in [3.05, 3.63) is 59.2 Å². The number of aromatic carboxylic acids is 1. The summed E-state index contributed by atoms with van der Waals surface area (Å²) in [6.07, 6.45) is 0.132. The molecule has 1 heterocycles. The lowest BCUT2D eigenvalue weighted by molar-refractivity contribution is -0.122. The predicted molar refractivity (Wildman–Crippen MR) is 103 cm³/mol. The fourth-order valence-electron chi connectivity index (χ4n) is 3.02. The van der Waals surface area contributed by atoms with E-state index in [2.05, 4.69) is 5.32 Å². The normalized spacial score (nSPS) is 17.1. The average Bonchev–Trinajstić information content (AvgIpc) is 2.66. The number of fused-ring (bicyclic) bond motifs is 1. The Bertz CT molecular complexity index is 993. The summed E-state index contributed by atoms with van der Waals surface area (Å²) in [6, 6.07) is 8.41. The van der Waals surface area contributed by atoms with Gasteiger partial charge >= 0.3 is 20.7 Å². The number of nitrogens with two attached hydrogens (primary N) is 1. The lowest BCUT2D eigenvalue weighted by Gasteiger charge is -2.29. The van der Waals surface area contributed by atoms with Gasteiger partial charge in [0.25, 0.3) is 0 Å². The van der Waals surface area contributed by atoms with E-state index in [-0.39, 0.29) is 23.0 Å². The molecule has 0 aliphatic carbocycles. The van der Waals surface area contributed by atoms with Crippen molar-refractivity contribution in [3.8, 4) is 5.75 Å². The van der Waals surface area contributed by atoms with Crippen LogP contribution in [0.25, 0.3) is 0 Å². The first kappa shape index (κ1) is 21.0. The van der Waals surface area contributed by atoms with E-state index in [1.165, 1.54) is 36.4 Å². The van der Waals surface area contributed by atoms with Gasteiger partial charge in [-0.1, -0.05) is 24.3 Å². The van der Waals surface area contributed by atoms with E-state index < -0.39 is 38.6 Å². The Morgan fingerprint density at radius 1 is 1.21 bits per heavy atom. The van der Waals surface area contributed by atoms with Crippen LogP contribution in [-0.4, -0.2) is 44.9 Å². The van der Waals surface area contributed by atoms with Gasteiger partial charge in [0.15, 0.2) is 0 Å². The predicted octanol–water partition coefficient (Wildman–Crippen LogP) is -0.673. The zero-order chi connectivity index (χ0) is 21.3. The first-order valence-corrected chi connectivity index (χ1v) is 10.1. The van der Waals surface area contributed by atoms with Gasteiger partial charge in [0, 0.05) is 0 Å². The molecule has 7 N–H and O–H groups in total. The topological polar surface area (TPSA) is 179 Å². The van der Waals surface area contributed by atoms with Crippen LogP contribution in [0.15, 0.2) is 42.5 Å². The maximum Gasteiger partial charge on any atom is 0.547 e. The van der Waals surface area contributed by atoms with E-state index in [9.17, 15) is 24.3 Å². The van der Waals surface area contributed by atoms with Gasteiger partial charge in [0.1, 0.15) is 11.8 Å². The summed E-state index contributed by atoms with van der Waals surface area (Å²) in [6.45, 7) is 0. The first-order chi connectivity index (χ1) is 13.6. The second-order valence-corrected chi connectivity index (χ2v) is 8.14. The molecule has 0 bridgehead atoms. The van der Waals surface area contributed by atoms with Gasteiger partial charge in [0.05, 0.1) is 16.8 Å². The van der Waals surface area contributed by atoms with Crippen LogP contribution in [0, 0.1) is 0 Å². The number of carboxylic acid groups (broad SMARTS) is 1. The molecule has 1 aliphatic rings. The summed E-state index contributed by atoms with van der Waals surface area (Å²) < 4.78 is 16.5. The van der Waals surface area contributed by atoms with Gasteiger partial charge in [0.2, 0.25) is 5.91 Å². The molecule has 0 spiro atoms. The van der Waals surface area contributed by atoms with Crippen molar-refractivity contribution < 1.29 is 38.7 Å². The fourth-order valence-corrected chi connectivity index (χ4v) is 3.55. The Morgan fingerprint density at radius 3 is 2.45 bits per heavy atom. The van der Waals surface area contributed by atoms with Crippen LogP contribution in [0.5, 0.6) is 5.75 Å². The van der Waals surface area contributed by atoms with E-state index in [0.29, 0.717) is 11.1 Å². The molecule has 0 aromatic heterocycles. The van der Waals surface area contributed by atoms with Gasteiger partial charge in [-0.3, -0.25) is 9.36 Å². The molecule has 0 fully saturated rings. The van der Waals surface area contributed by atoms with Gasteiger partial charge in [-0.05, 0) is 35.7 Å². The third-order valence-corrected chi connectivity index (χ3v) is 5.52. The van der Waals surface area contributed by atoms with Gasteiger partial charge in [-0.15, -0.1) is 0 Å². The van der Waals surface area contributed by atoms with E-state index in [0.717, 1.165) is 0 Å². The van der Waals surface area contributed by atoms with Crippen molar-refractivity contribution in [1.82, 2.24) is 5.32 Å². The Labute approximate surface area is 165 Å². The van der Waals surface area contributed by atoms with Crippen molar-refractivity contribution >= 4 is 31.9 Å². The maximum atomic E-state index is 12.5. The quantitative estimate of drug-likeness (QED) is 0.270. The molecule has 1 aliphatic heterocycles. The molecule has 2 aromatic carbocycles. The number of hydrogen-bond acceptors (Lipinski definition) is 6. The lowest BCUT2D eigenvalue weighted by atomic mass is 9.72. The van der Waals surface area contributed by atoms with E-state index in [1.54, 1.807) is 6.07 Å². The fraction of sp³-hybridized carbons (Fsp3) is 0.176. The van der Waals surface area contributed by atoms with E-state index >= 15 is 0 Å². The van der Waals surface area contributed by atoms with E-state index in [1.807, 2.05) is 0 Å². The van der Waals surface area contributed by atoms with Crippen LogP contribution in [-0.2, 0) is 15.8 Å². The summed E-state index contributed by atoms with van der Waals surface area (Å²) in [5.74, 6) is -2.65. The number of carbonyl (C=O) groups is 2. The Kier molecular flexibility index (Phi) is 5.79. The monoisotopic (exact) mass is 420 g/mol. The number of carboxylic acids is 1. The minimum atomic E-state index is -4.40. The molecule has 0 saturated heterocycles. The van der Waals surface area contributed by atoms with E-state index in [4.69, 9.17) is 20.2 Å². The molecule has 1 amide bonds. The molecule has 12 heteroatoms. The summed E-state index contributed by atoms with van der Waals surface area (Å²) in [5, 5.41) is 21.8. The van der Waals surface area contributed by atoms with Crippen LogP contribution in [0.3, 0.4) is 0 Å². The summed E-state index contributed by atoms with van der Waals surface area (Å²) in [4.78, 5) is 42.0. The number of hydrogen-bond donors (Lipinski definition) is 6. The highest BCUT2D eigenvalue weighted by molar-refractivity contribution is 7.60. The third-order valence-electron chi connectivity index (χ3n) is 4.55. The van der Waals surface area contributed by atoms with Crippen molar-refractivity contribution in [3.63, 3.8) is 0 Å². The lowest BCUT2D eigenvalue weighted by Crippen LogP contribution is -2.54. The van der Waals surface area contributed by atoms with Crippen LogP contribution in [0.1, 0.15) is 27.5 Å². The third kappa shape index (κ3) is 4.50. The average molecular weight is 420 g/mol. The SMILES string of the molecule is N[C@@H](C(=O)N[C@H]1Cc2cccc(C(=O)O)c2OB1O)c1ccc(P(=O)(O)O)cc1. The highest BCUT2D eigenvalue weighted by Gasteiger charge is 2.38. The standard InChI is InChI=1S/C17H18BN2O8P/c19-14(9-4-6-11(7-5-9)29(25,26)27)16(21)20-13-8-10-2-1-3-12(17(22)23)15(10)28-18(13)24/h1-7,13-14,24H,8,19H2,(H,20,21)(H,22,23)(H2,25,26,27)/t13-,14+/m0/s1. The minimum Gasteiger partial charge on any atom is -0.534 e. The van der Waals surface area contributed by atoms with Crippen molar-refractivity contribution in [1.29, 1.82) is 0 Å². The van der Waals surface area contributed by atoms with Gasteiger partial charge in [-0.2, -0.15) is 0 Å². The number of carbonyl (C=O) groups excluding carboxylic acids is 1. The largest absolute Gasteiger partial charge is 0.547 e. The zero-order valence-electron chi connectivity index (χ0n) is 14.9.